The highest BCUT2D eigenvalue weighted by Gasteiger charge is 2.23. The molecule has 4 aromatic heterocycles. The van der Waals surface area contributed by atoms with Crippen LogP contribution in [-0.4, -0.2) is 55.2 Å². The van der Waals surface area contributed by atoms with Crippen LogP contribution >= 0.6 is 0 Å². The number of halogens is 1. The zero-order valence-corrected chi connectivity index (χ0v) is 17.6. The molecule has 160 valence electrons. The van der Waals surface area contributed by atoms with E-state index in [4.69, 9.17) is 9.97 Å². The number of likely N-dealkylation sites (tertiary alicyclic amines) is 1. The van der Waals surface area contributed by atoms with Gasteiger partial charge in [-0.1, -0.05) is 6.07 Å². The van der Waals surface area contributed by atoms with Gasteiger partial charge in [0.25, 0.3) is 0 Å². The van der Waals surface area contributed by atoms with Gasteiger partial charge in [0.05, 0.1) is 22.9 Å². The third kappa shape index (κ3) is 3.23. The monoisotopic (exact) mass is 427 g/mol. The smallest absolute Gasteiger partial charge is 0.159 e. The molecule has 5 aromatic rings. The zero-order chi connectivity index (χ0) is 21.7. The molecule has 1 aromatic carbocycles. The van der Waals surface area contributed by atoms with E-state index in [-0.39, 0.29) is 5.82 Å². The number of rotatable bonds is 3. The SMILES string of the molecule is CN1CCC(c2nccc3[nH]c(-c4n[nH]c5ccc(-c6cncc(F)c6)cc45)nc23)CC1. The fourth-order valence-electron chi connectivity index (χ4n) is 4.59. The maximum absolute atomic E-state index is 13.7. The second kappa shape index (κ2) is 7.49. The number of fused-ring (bicyclic) bond motifs is 2. The Labute approximate surface area is 183 Å². The Bertz CT molecular complexity index is 1430. The van der Waals surface area contributed by atoms with Gasteiger partial charge in [0.1, 0.15) is 17.0 Å². The largest absolute Gasteiger partial charge is 0.336 e. The van der Waals surface area contributed by atoms with Crippen LogP contribution in [0, 0.1) is 5.82 Å². The van der Waals surface area contributed by atoms with Crippen LogP contribution < -0.4 is 0 Å². The van der Waals surface area contributed by atoms with Crippen LogP contribution in [0.25, 0.3) is 44.6 Å². The fraction of sp³-hybridized carbons (Fsp3) is 0.250. The standard InChI is InChI=1S/C24H22FN7/c1-32-8-5-14(6-9-32)21-23-20(4-7-27-21)28-24(29-23)22-18-11-15(2-3-19(18)30-31-22)16-10-17(25)13-26-12-16/h2-4,7,10-14H,5-6,8-9H2,1H3,(H,28,29)(H,30,31). The summed E-state index contributed by atoms with van der Waals surface area (Å²) in [5.74, 6) is 0.748. The summed E-state index contributed by atoms with van der Waals surface area (Å²) in [5, 5.41) is 8.53. The topological polar surface area (TPSA) is 86.4 Å². The Morgan fingerprint density at radius 1 is 1.03 bits per heavy atom. The third-order valence-electron chi connectivity index (χ3n) is 6.36. The number of hydrogen-bond acceptors (Lipinski definition) is 5. The van der Waals surface area contributed by atoms with Crippen LogP contribution in [-0.2, 0) is 0 Å². The lowest BCUT2D eigenvalue weighted by molar-refractivity contribution is 0.254. The summed E-state index contributed by atoms with van der Waals surface area (Å²) in [7, 11) is 2.16. The van der Waals surface area contributed by atoms with Crippen molar-refractivity contribution >= 4 is 21.9 Å². The van der Waals surface area contributed by atoms with E-state index in [9.17, 15) is 4.39 Å². The van der Waals surface area contributed by atoms with Gasteiger partial charge < -0.3 is 9.88 Å². The number of hydrogen-bond donors (Lipinski definition) is 2. The zero-order valence-electron chi connectivity index (χ0n) is 17.6. The molecule has 1 saturated heterocycles. The second-order valence-electron chi connectivity index (χ2n) is 8.48. The number of benzene rings is 1. The van der Waals surface area contributed by atoms with Crippen LogP contribution in [0.3, 0.4) is 0 Å². The quantitative estimate of drug-likeness (QED) is 0.442. The maximum Gasteiger partial charge on any atom is 0.159 e. The van der Waals surface area contributed by atoms with Crippen molar-refractivity contribution < 1.29 is 4.39 Å². The van der Waals surface area contributed by atoms with Crippen molar-refractivity contribution in [2.24, 2.45) is 0 Å². The minimum absolute atomic E-state index is 0.360. The first kappa shape index (κ1) is 19.1. The molecule has 0 unspecified atom stereocenters. The highest BCUT2D eigenvalue weighted by Crippen LogP contribution is 2.34. The Balaban J connectivity index is 1.44. The van der Waals surface area contributed by atoms with E-state index in [1.165, 1.54) is 12.3 Å². The maximum atomic E-state index is 13.7. The van der Waals surface area contributed by atoms with E-state index >= 15 is 0 Å². The van der Waals surface area contributed by atoms with Gasteiger partial charge in [-0.15, -0.1) is 0 Å². The van der Waals surface area contributed by atoms with Crippen molar-refractivity contribution in [1.82, 2.24) is 35.0 Å². The molecule has 7 nitrogen and oxygen atoms in total. The molecule has 2 N–H and O–H groups in total. The highest BCUT2D eigenvalue weighted by atomic mass is 19.1. The van der Waals surface area contributed by atoms with Crippen molar-refractivity contribution in [3.8, 4) is 22.6 Å². The van der Waals surface area contributed by atoms with Gasteiger partial charge in [0.15, 0.2) is 5.82 Å². The van der Waals surface area contributed by atoms with Gasteiger partial charge in [-0.3, -0.25) is 15.1 Å². The molecule has 0 amide bonds. The number of H-pyrrole nitrogens is 2. The minimum atomic E-state index is -0.360. The van der Waals surface area contributed by atoms with E-state index in [0.29, 0.717) is 11.7 Å². The van der Waals surface area contributed by atoms with Gasteiger partial charge in [-0.2, -0.15) is 5.10 Å². The number of aromatic amines is 2. The molecule has 1 aliphatic heterocycles. The number of pyridine rings is 2. The molecule has 0 spiro atoms. The summed E-state index contributed by atoms with van der Waals surface area (Å²) in [6, 6.07) is 9.31. The Morgan fingerprint density at radius 2 is 1.91 bits per heavy atom. The van der Waals surface area contributed by atoms with Crippen LogP contribution in [0.15, 0.2) is 48.9 Å². The first-order chi connectivity index (χ1) is 15.7. The molecule has 6 rings (SSSR count). The van der Waals surface area contributed by atoms with Crippen molar-refractivity contribution in [3.05, 3.63) is 60.4 Å². The first-order valence-corrected chi connectivity index (χ1v) is 10.8. The Kier molecular flexibility index (Phi) is 4.46. The average molecular weight is 427 g/mol. The molecule has 1 aliphatic rings. The van der Waals surface area contributed by atoms with Gasteiger partial charge in [0.2, 0.25) is 0 Å². The van der Waals surface area contributed by atoms with Crippen LogP contribution in [0.1, 0.15) is 24.5 Å². The van der Waals surface area contributed by atoms with Crippen LogP contribution in [0.5, 0.6) is 0 Å². The minimum Gasteiger partial charge on any atom is -0.336 e. The van der Waals surface area contributed by atoms with Crippen molar-refractivity contribution in [3.63, 3.8) is 0 Å². The summed E-state index contributed by atoms with van der Waals surface area (Å²) in [6.07, 6.45) is 6.89. The van der Waals surface area contributed by atoms with Crippen molar-refractivity contribution in [2.75, 3.05) is 20.1 Å². The molecule has 0 atom stereocenters. The van der Waals surface area contributed by atoms with Gasteiger partial charge in [-0.25, -0.2) is 9.37 Å². The number of piperidine rings is 1. The summed E-state index contributed by atoms with van der Waals surface area (Å²) >= 11 is 0. The summed E-state index contributed by atoms with van der Waals surface area (Å²) in [4.78, 5) is 19.4. The summed E-state index contributed by atoms with van der Waals surface area (Å²) in [5.41, 5.74) is 6.15. The van der Waals surface area contributed by atoms with E-state index in [2.05, 4.69) is 32.1 Å². The number of imidazole rings is 1. The van der Waals surface area contributed by atoms with E-state index in [1.54, 1.807) is 6.20 Å². The highest BCUT2D eigenvalue weighted by molar-refractivity contribution is 5.95. The lowest BCUT2D eigenvalue weighted by atomic mass is 9.92. The predicted molar refractivity (Wildman–Crippen MR) is 122 cm³/mol. The number of nitrogens with one attached hydrogen (secondary N) is 2. The van der Waals surface area contributed by atoms with Crippen LogP contribution in [0.4, 0.5) is 4.39 Å². The van der Waals surface area contributed by atoms with Crippen molar-refractivity contribution in [1.29, 1.82) is 0 Å². The Morgan fingerprint density at radius 3 is 2.75 bits per heavy atom. The molecule has 32 heavy (non-hydrogen) atoms. The lowest BCUT2D eigenvalue weighted by Gasteiger charge is -2.28. The molecular formula is C24H22FN7. The van der Waals surface area contributed by atoms with E-state index in [0.717, 1.165) is 70.4 Å². The normalized spacial score (nSPS) is 15.7. The molecule has 0 bridgehead atoms. The van der Waals surface area contributed by atoms with Crippen molar-refractivity contribution in [2.45, 2.75) is 18.8 Å². The van der Waals surface area contributed by atoms with Gasteiger partial charge in [-0.05, 0) is 62.8 Å². The predicted octanol–water partition coefficient (Wildman–Crippen LogP) is 4.51. The number of nitrogens with zero attached hydrogens (tertiary/aromatic N) is 5. The molecule has 0 saturated carbocycles. The summed E-state index contributed by atoms with van der Waals surface area (Å²) < 4.78 is 13.7. The van der Waals surface area contributed by atoms with Gasteiger partial charge in [0, 0.05) is 29.3 Å². The molecule has 5 heterocycles. The van der Waals surface area contributed by atoms with Crippen LogP contribution in [0.2, 0.25) is 0 Å². The first-order valence-electron chi connectivity index (χ1n) is 10.8. The third-order valence-corrected chi connectivity index (χ3v) is 6.36. The lowest BCUT2D eigenvalue weighted by Crippen LogP contribution is -2.29. The summed E-state index contributed by atoms with van der Waals surface area (Å²) in [6.45, 7) is 2.14. The number of aromatic nitrogens is 6. The molecule has 0 radical (unpaired) electrons. The van der Waals surface area contributed by atoms with E-state index < -0.39 is 0 Å². The molecule has 1 fully saturated rings. The molecule has 8 heteroatoms. The van der Waals surface area contributed by atoms with E-state index in [1.807, 2.05) is 30.5 Å². The fourth-order valence-corrected chi connectivity index (χ4v) is 4.59. The second-order valence-corrected chi connectivity index (χ2v) is 8.48. The molecular weight excluding hydrogens is 405 g/mol. The Hall–Kier alpha value is -3.65. The molecule has 0 aliphatic carbocycles. The van der Waals surface area contributed by atoms with Gasteiger partial charge >= 0.3 is 0 Å². The average Bonchev–Trinajstić information content (AvgIpc) is 3.43.